The monoisotopic (exact) mass is 344 g/mol. The molecule has 0 bridgehead atoms. The lowest BCUT2D eigenvalue weighted by molar-refractivity contribution is -0.104. The van der Waals surface area contributed by atoms with Crippen LogP contribution in [0.15, 0.2) is 48.2 Å². The Labute approximate surface area is 145 Å². The number of nitrogens with one attached hydrogen (secondary N) is 1. The van der Waals surface area contributed by atoms with Gasteiger partial charge in [-0.2, -0.15) is 0 Å². The van der Waals surface area contributed by atoms with Gasteiger partial charge in [0.25, 0.3) is 0 Å². The highest BCUT2D eigenvalue weighted by atomic mass is 32.2. The Hall–Kier alpha value is -1.59. The summed E-state index contributed by atoms with van der Waals surface area (Å²) >= 11 is 3.68. The third kappa shape index (κ3) is 2.95. The lowest BCUT2D eigenvalue weighted by atomic mass is 9.98. The molecule has 1 aliphatic rings. The van der Waals surface area contributed by atoms with Gasteiger partial charge in [0, 0.05) is 41.0 Å². The first kappa shape index (κ1) is 16.3. The van der Waals surface area contributed by atoms with Crippen LogP contribution in [0.4, 0.5) is 0 Å². The predicted molar refractivity (Wildman–Crippen MR) is 102 cm³/mol. The number of rotatable bonds is 5. The van der Waals surface area contributed by atoms with Crippen molar-refractivity contribution in [3.8, 4) is 0 Å². The van der Waals surface area contributed by atoms with Gasteiger partial charge in [0.2, 0.25) is 0 Å². The van der Waals surface area contributed by atoms with Gasteiger partial charge in [-0.15, -0.1) is 23.5 Å². The SMILES string of the molecule is CSC(SC)c1[nH]c2ccccc2c1C1C=CC(C=O)=CN1C. The van der Waals surface area contributed by atoms with Crippen LogP contribution in [0.3, 0.4) is 0 Å². The summed E-state index contributed by atoms with van der Waals surface area (Å²) < 4.78 is 0.357. The van der Waals surface area contributed by atoms with E-state index in [0.29, 0.717) is 10.2 Å². The molecule has 1 N–H and O–H groups in total. The van der Waals surface area contributed by atoms with E-state index in [4.69, 9.17) is 0 Å². The zero-order valence-corrected chi connectivity index (χ0v) is 15.1. The van der Waals surface area contributed by atoms with E-state index in [1.165, 1.54) is 16.6 Å². The summed E-state index contributed by atoms with van der Waals surface area (Å²) in [6, 6.07) is 8.56. The summed E-state index contributed by atoms with van der Waals surface area (Å²) in [4.78, 5) is 16.7. The van der Waals surface area contributed by atoms with Crippen molar-refractivity contribution in [1.82, 2.24) is 9.88 Å². The number of para-hydroxylation sites is 1. The maximum Gasteiger partial charge on any atom is 0.151 e. The molecule has 0 saturated carbocycles. The van der Waals surface area contributed by atoms with Crippen molar-refractivity contribution in [2.45, 2.75) is 10.6 Å². The standard InChI is InChI=1S/C18H20N2OS2/c1-20-10-12(11-21)8-9-15(20)16-13-6-4-5-7-14(13)19-17(16)18(22-2)23-3/h4-11,15,18-19H,1-3H3. The number of thioether (sulfide) groups is 2. The number of carbonyl (C=O) groups excluding carboxylic acids is 1. The highest BCUT2D eigenvalue weighted by Gasteiger charge is 2.26. The molecule has 1 aliphatic heterocycles. The van der Waals surface area contributed by atoms with Gasteiger partial charge in [0.05, 0.1) is 10.6 Å². The van der Waals surface area contributed by atoms with Crippen LogP contribution in [0.5, 0.6) is 0 Å². The minimum absolute atomic E-state index is 0.131. The Kier molecular flexibility index (Phi) is 4.87. The highest BCUT2D eigenvalue weighted by molar-refractivity contribution is 8.15. The molecule has 0 spiro atoms. The number of aromatic amines is 1. The van der Waals surface area contributed by atoms with Gasteiger partial charge in [-0.3, -0.25) is 4.79 Å². The van der Waals surface area contributed by atoms with Crippen LogP contribution < -0.4 is 0 Å². The van der Waals surface area contributed by atoms with Crippen LogP contribution in [0.2, 0.25) is 0 Å². The Morgan fingerprint density at radius 2 is 2.00 bits per heavy atom. The van der Waals surface area contributed by atoms with E-state index in [1.807, 2.05) is 42.8 Å². The summed E-state index contributed by atoms with van der Waals surface area (Å²) in [7, 11) is 2.02. The number of H-pyrrole nitrogens is 1. The first-order valence-corrected chi connectivity index (χ1v) is 10.0. The van der Waals surface area contributed by atoms with E-state index in [2.05, 4.69) is 52.7 Å². The minimum Gasteiger partial charge on any atom is -0.369 e. The summed E-state index contributed by atoms with van der Waals surface area (Å²) in [5.41, 5.74) is 4.43. The van der Waals surface area contributed by atoms with E-state index in [9.17, 15) is 4.79 Å². The molecule has 5 heteroatoms. The fourth-order valence-electron chi connectivity index (χ4n) is 3.09. The fourth-order valence-corrected chi connectivity index (χ4v) is 4.70. The zero-order chi connectivity index (χ0) is 16.4. The van der Waals surface area contributed by atoms with Gasteiger partial charge in [-0.05, 0) is 18.6 Å². The zero-order valence-electron chi connectivity index (χ0n) is 13.4. The molecule has 0 saturated heterocycles. The second-order valence-corrected chi connectivity index (χ2v) is 7.70. The lowest BCUT2D eigenvalue weighted by Crippen LogP contribution is -2.21. The van der Waals surface area contributed by atoms with Gasteiger partial charge < -0.3 is 9.88 Å². The van der Waals surface area contributed by atoms with Gasteiger partial charge in [-0.1, -0.05) is 30.4 Å². The molecule has 3 nitrogen and oxygen atoms in total. The molecule has 2 aromatic rings. The second-order valence-electron chi connectivity index (χ2n) is 5.52. The number of nitrogens with zero attached hydrogens (tertiary/aromatic N) is 1. The van der Waals surface area contributed by atoms with Gasteiger partial charge >= 0.3 is 0 Å². The van der Waals surface area contributed by atoms with Crippen LogP contribution in [0.1, 0.15) is 21.9 Å². The average molecular weight is 345 g/mol. The van der Waals surface area contributed by atoms with Crippen LogP contribution in [-0.4, -0.2) is 35.7 Å². The minimum atomic E-state index is 0.131. The Morgan fingerprint density at radius 3 is 2.65 bits per heavy atom. The largest absolute Gasteiger partial charge is 0.369 e. The molecule has 23 heavy (non-hydrogen) atoms. The molecule has 1 unspecified atom stereocenters. The average Bonchev–Trinajstić information content (AvgIpc) is 2.95. The smallest absolute Gasteiger partial charge is 0.151 e. The summed E-state index contributed by atoms with van der Waals surface area (Å²) in [5, 5.41) is 1.25. The van der Waals surface area contributed by atoms with E-state index in [0.717, 1.165) is 11.8 Å². The molecule has 0 amide bonds. The number of benzene rings is 1. The van der Waals surface area contributed by atoms with Crippen molar-refractivity contribution < 1.29 is 4.79 Å². The number of carbonyl (C=O) groups is 1. The molecular formula is C18H20N2OS2. The fraction of sp³-hybridized carbons (Fsp3) is 0.278. The highest BCUT2D eigenvalue weighted by Crippen LogP contribution is 2.44. The van der Waals surface area contributed by atoms with Gasteiger partial charge in [0.15, 0.2) is 6.29 Å². The summed E-state index contributed by atoms with van der Waals surface area (Å²) in [6.45, 7) is 0. The second kappa shape index (κ2) is 6.89. The number of hydrogen-bond acceptors (Lipinski definition) is 4. The molecule has 0 aliphatic carbocycles. The molecule has 1 aromatic heterocycles. The third-order valence-corrected chi connectivity index (χ3v) is 6.62. The Morgan fingerprint density at radius 1 is 1.26 bits per heavy atom. The molecule has 1 aromatic carbocycles. The summed E-state index contributed by atoms with van der Waals surface area (Å²) in [6.07, 6.45) is 11.1. The quantitative estimate of drug-likeness (QED) is 0.639. The number of likely N-dealkylation sites (N-methyl/N-ethyl adjacent to an activating group) is 1. The van der Waals surface area contributed by atoms with Gasteiger partial charge in [-0.25, -0.2) is 0 Å². The normalized spacial score (nSPS) is 17.8. The predicted octanol–water partition coefficient (Wildman–Crippen LogP) is 4.52. The first-order valence-electron chi connectivity index (χ1n) is 7.42. The first-order chi connectivity index (χ1) is 11.2. The van der Waals surface area contributed by atoms with Crippen molar-refractivity contribution >= 4 is 40.7 Å². The van der Waals surface area contributed by atoms with Gasteiger partial charge in [0.1, 0.15) is 0 Å². The van der Waals surface area contributed by atoms with E-state index in [1.54, 1.807) is 0 Å². The Bertz CT molecular complexity index is 774. The molecule has 120 valence electrons. The number of allylic oxidation sites excluding steroid dienone is 2. The molecule has 3 rings (SSSR count). The molecular weight excluding hydrogens is 324 g/mol. The molecule has 1 atom stereocenters. The van der Waals surface area contributed by atoms with Crippen LogP contribution in [-0.2, 0) is 4.79 Å². The van der Waals surface area contributed by atoms with E-state index in [-0.39, 0.29) is 6.04 Å². The van der Waals surface area contributed by atoms with Crippen molar-refractivity contribution in [3.05, 3.63) is 59.4 Å². The van der Waals surface area contributed by atoms with Crippen molar-refractivity contribution in [3.63, 3.8) is 0 Å². The number of aromatic nitrogens is 1. The third-order valence-electron chi connectivity index (χ3n) is 4.13. The summed E-state index contributed by atoms with van der Waals surface area (Å²) in [5.74, 6) is 0. The topological polar surface area (TPSA) is 36.1 Å². The van der Waals surface area contributed by atoms with E-state index < -0.39 is 0 Å². The molecule has 0 radical (unpaired) electrons. The lowest BCUT2D eigenvalue weighted by Gasteiger charge is -2.29. The number of fused-ring (bicyclic) bond motifs is 1. The van der Waals surface area contributed by atoms with Crippen molar-refractivity contribution in [2.24, 2.45) is 0 Å². The maximum absolute atomic E-state index is 11.0. The van der Waals surface area contributed by atoms with Crippen molar-refractivity contribution in [1.29, 1.82) is 0 Å². The molecule has 2 heterocycles. The van der Waals surface area contributed by atoms with Crippen molar-refractivity contribution in [2.75, 3.05) is 19.6 Å². The van der Waals surface area contributed by atoms with Crippen LogP contribution in [0.25, 0.3) is 10.9 Å². The number of aldehydes is 1. The van der Waals surface area contributed by atoms with Crippen LogP contribution in [0, 0.1) is 0 Å². The van der Waals surface area contributed by atoms with Crippen LogP contribution >= 0.6 is 23.5 Å². The maximum atomic E-state index is 11.0. The van der Waals surface area contributed by atoms with E-state index >= 15 is 0 Å². The molecule has 0 fully saturated rings. The Balaban J connectivity index is 2.16. The number of hydrogen-bond donors (Lipinski definition) is 1.